The van der Waals surface area contributed by atoms with E-state index in [2.05, 4.69) is 4.98 Å². The Hall–Kier alpha value is -1.94. The highest BCUT2D eigenvalue weighted by Gasteiger charge is 2.15. The predicted octanol–water partition coefficient (Wildman–Crippen LogP) is 1.32. The lowest BCUT2D eigenvalue weighted by molar-refractivity contribution is -0.138. The monoisotopic (exact) mass is 202 g/mol. The van der Waals surface area contributed by atoms with E-state index in [-0.39, 0.29) is 0 Å². The largest absolute Gasteiger partial charge is 0.480 e. The Labute approximate surface area is 86.4 Å². The summed E-state index contributed by atoms with van der Waals surface area (Å²) in [5, 5.41) is 9.71. The second-order valence-electron chi connectivity index (χ2n) is 3.24. The van der Waals surface area contributed by atoms with Crippen LogP contribution >= 0.6 is 0 Å². The molecule has 4 heteroatoms. The molecule has 1 unspecified atom stereocenters. The number of benzene rings is 1. The highest BCUT2D eigenvalue weighted by atomic mass is 16.4. The lowest BCUT2D eigenvalue weighted by Crippen LogP contribution is -2.21. The van der Waals surface area contributed by atoms with E-state index in [0.29, 0.717) is 5.69 Å². The van der Waals surface area contributed by atoms with Gasteiger partial charge in [-0.1, -0.05) is 24.3 Å². The standard InChI is InChI=1S/C11H10N2O2/c12-10(11(14)15)9-6-5-7-3-1-2-4-8(7)13-9/h1-6,10H,12H2,(H,14,15). The second-order valence-corrected chi connectivity index (χ2v) is 3.24. The molecule has 0 fully saturated rings. The predicted molar refractivity (Wildman–Crippen MR) is 56.3 cm³/mol. The molecule has 4 nitrogen and oxygen atoms in total. The van der Waals surface area contributed by atoms with Gasteiger partial charge in [0, 0.05) is 5.39 Å². The number of aliphatic carboxylic acids is 1. The summed E-state index contributed by atoms with van der Waals surface area (Å²) in [7, 11) is 0. The minimum atomic E-state index is -1.07. The number of hydrogen-bond acceptors (Lipinski definition) is 3. The number of carboxylic acids is 1. The first-order valence-electron chi connectivity index (χ1n) is 4.52. The fraction of sp³-hybridized carbons (Fsp3) is 0.0909. The van der Waals surface area contributed by atoms with E-state index < -0.39 is 12.0 Å². The number of carbonyl (C=O) groups is 1. The Bertz CT molecular complexity index is 511. The van der Waals surface area contributed by atoms with Gasteiger partial charge < -0.3 is 10.8 Å². The van der Waals surface area contributed by atoms with Crippen LogP contribution in [-0.4, -0.2) is 16.1 Å². The molecule has 1 aromatic heterocycles. The van der Waals surface area contributed by atoms with E-state index in [9.17, 15) is 4.79 Å². The summed E-state index contributed by atoms with van der Waals surface area (Å²) in [4.78, 5) is 14.9. The number of nitrogens with two attached hydrogens (primary N) is 1. The summed E-state index contributed by atoms with van der Waals surface area (Å²) in [6.07, 6.45) is 0. The van der Waals surface area contributed by atoms with Gasteiger partial charge in [0.25, 0.3) is 0 Å². The molecule has 0 radical (unpaired) electrons. The van der Waals surface area contributed by atoms with Gasteiger partial charge in [-0.2, -0.15) is 0 Å². The van der Waals surface area contributed by atoms with Gasteiger partial charge in [-0.05, 0) is 12.1 Å². The molecule has 0 aliphatic carbocycles. The first-order chi connectivity index (χ1) is 7.18. The van der Waals surface area contributed by atoms with E-state index in [4.69, 9.17) is 10.8 Å². The number of nitrogens with zero attached hydrogens (tertiary/aromatic N) is 1. The van der Waals surface area contributed by atoms with E-state index in [1.54, 1.807) is 6.07 Å². The normalized spacial score (nSPS) is 12.6. The number of para-hydroxylation sites is 1. The van der Waals surface area contributed by atoms with Crippen molar-refractivity contribution in [3.8, 4) is 0 Å². The maximum atomic E-state index is 10.7. The van der Waals surface area contributed by atoms with Crippen molar-refractivity contribution in [2.75, 3.05) is 0 Å². The molecule has 1 atom stereocenters. The van der Waals surface area contributed by atoms with Gasteiger partial charge in [-0.15, -0.1) is 0 Å². The van der Waals surface area contributed by atoms with Crippen LogP contribution < -0.4 is 5.73 Å². The molecule has 0 aliphatic rings. The average molecular weight is 202 g/mol. The molecule has 2 rings (SSSR count). The summed E-state index contributed by atoms with van der Waals surface area (Å²) in [6, 6.07) is 9.90. The fourth-order valence-electron chi connectivity index (χ4n) is 1.38. The molecule has 1 heterocycles. The summed E-state index contributed by atoms with van der Waals surface area (Å²) >= 11 is 0. The number of pyridine rings is 1. The van der Waals surface area contributed by atoms with Gasteiger partial charge in [-0.3, -0.25) is 9.78 Å². The van der Waals surface area contributed by atoms with E-state index in [1.807, 2.05) is 30.3 Å². The number of hydrogen-bond donors (Lipinski definition) is 2. The third-order valence-corrected chi connectivity index (χ3v) is 2.20. The first-order valence-corrected chi connectivity index (χ1v) is 4.52. The summed E-state index contributed by atoms with van der Waals surface area (Å²) in [6.45, 7) is 0. The zero-order valence-corrected chi connectivity index (χ0v) is 7.92. The minimum absolute atomic E-state index is 0.376. The first kappa shape index (κ1) is 9.61. The van der Waals surface area contributed by atoms with Crippen LogP contribution in [0.25, 0.3) is 10.9 Å². The highest BCUT2D eigenvalue weighted by molar-refractivity contribution is 5.80. The summed E-state index contributed by atoms with van der Waals surface area (Å²) in [5.41, 5.74) is 6.60. The van der Waals surface area contributed by atoms with Crippen molar-refractivity contribution in [3.63, 3.8) is 0 Å². The van der Waals surface area contributed by atoms with E-state index in [1.165, 1.54) is 0 Å². The van der Waals surface area contributed by atoms with Crippen LogP contribution in [0.1, 0.15) is 11.7 Å². The molecular formula is C11H10N2O2. The number of carboxylic acid groups (broad SMARTS) is 1. The number of fused-ring (bicyclic) bond motifs is 1. The molecule has 3 N–H and O–H groups in total. The van der Waals surface area contributed by atoms with Crippen molar-refractivity contribution in [1.82, 2.24) is 4.98 Å². The minimum Gasteiger partial charge on any atom is -0.480 e. The highest BCUT2D eigenvalue weighted by Crippen LogP contribution is 2.15. The van der Waals surface area contributed by atoms with Gasteiger partial charge in [0.05, 0.1) is 11.2 Å². The van der Waals surface area contributed by atoms with Crippen LogP contribution in [0.2, 0.25) is 0 Å². The van der Waals surface area contributed by atoms with Crippen LogP contribution in [-0.2, 0) is 4.79 Å². The average Bonchev–Trinajstić information content (AvgIpc) is 2.27. The summed E-state index contributed by atoms with van der Waals surface area (Å²) < 4.78 is 0. The molecule has 76 valence electrons. The maximum Gasteiger partial charge on any atom is 0.326 e. The maximum absolute atomic E-state index is 10.7. The molecule has 0 aliphatic heterocycles. The molecule has 1 aromatic carbocycles. The fourth-order valence-corrected chi connectivity index (χ4v) is 1.38. The third-order valence-electron chi connectivity index (χ3n) is 2.20. The van der Waals surface area contributed by atoms with E-state index in [0.717, 1.165) is 10.9 Å². The Morgan fingerprint density at radius 1 is 1.27 bits per heavy atom. The molecule has 0 saturated heterocycles. The Morgan fingerprint density at radius 2 is 2.00 bits per heavy atom. The Morgan fingerprint density at radius 3 is 2.73 bits per heavy atom. The van der Waals surface area contributed by atoms with Crippen molar-refractivity contribution in [2.45, 2.75) is 6.04 Å². The molecule has 0 saturated carbocycles. The van der Waals surface area contributed by atoms with Gasteiger partial charge in [-0.25, -0.2) is 0 Å². The lowest BCUT2D eigenvalue weighted by Gasteiger charge is -2.06. The van der Waals surface area contributed by atoms with Crippen molar-refractivity contribution in [2.24, 2.45) is 5.73 Å². The lowest BCUT2D eigenvalue weighted by atomic mass is 10.1. The topological polar surface area (TPSA) is 76.2 Å². The van der Waals surface area contributed by atoms with Gasteiger partial charge in [0.1, 0.15) is 6.04 Å². The smallest absolute Gasteiger partial charge is 0.326 e. The quantitative estimate of drug-likeness (QED) is 0.770. The number of rotatable bonds is 2. The number of aromatic nitrogens is 1. The Kier molecular flexibility index (Phi) is 2.35. The van der Waals surface area contributed by atoms with Crippen molar-refractivity contribution in [3.05, 3.63) is 42.1 Å². The van der Waals surface area contributed by atoms with Crippen LogP contribution in [0.5, 0.6) is 0 Å². The van der Waals surface area contributed by atoms with Crippen molar-refractivity contribution in [1.29, 1.82) is 0 Å². The van der Waals surface area contributed by atoms with E-state index >= 15 is 0 Å². The van der Waals surface area contributed by atoms with Crippen LogP contribution in [0.4, 0.5) is 0 Å². The van der Waals surface area contributed by atoms with Crippen molar-refractivity contribution < 1.29 is 9.90 Å². The van der Waals surface area contributed by atoms with Crippen LogP contribution in [0.3, 0.4) is 0 Å². The molecule has 0 amide bonds. The van der Waals surface area contributed by atoms with Crippen molar-refractivity contribution >= 4 is 16.9 Å². The van der Waals surface area contributed by atoms with Gasteiger partial charge in [0.15, 0.2) is 0 Å². The van der Waals surface area contributed by atoms with Gasteiger partial charge in [0.2, 0.25) is 0 Å². The molecule has 2 aromatic rings. The van der Waals surface area contributed by atoms with Crippen LogP contribution in [0.15, 0.2) is 36.4 Å². The molecular weight excluding hydrogens is 192 g/mol. The summed E-state index contributed by atoms with van der Waals surface area (Å²) in [5.74, 6) is -1.07. The SMILES string of the molecule is NC(C(=O)O)c1ccc2ccccc2n1. The van der Waals surface area contributed by atoms with Gasteiger partial charge >= 0.3 is 5.97 Å². The van der Waals surface area contributed by atoms with Crippen LogP contribution in [0, 0.1) is 0 Å². The zero-order valence-electron chi connectivity index (χ0n) is 7.92. The zero-order chi connectivity index (χ0) is 10.8. The third kappa shape index (κ3) is 1.80. The molecule has 15 heavy (non-hydrogen) atoms. The molecule has 0 spiro atoms. The Balaban J connectivity index is 2.51. The second kappa shape index (κ2) is 3.67. The molecule has 0 bridgehead atoms.